The second kappa shape index (κ2) is 7.67. The van der Waals surface area contributed by atoms with E-state index < -0.39 is 35.9 Å². The molecular weight excluding hydrogens is 436 g/mol. The molecule has 3 rings (SSSR count). The number of amides is 1. The predicted molar refractivity (Wildman–Crippen MR) is 96.6 cm³/mol. The summed E-state index contributed by atoms with van der Waals surface area (Å²) < 4.78 is 82.6. The van der Waals surface area contributed by atoms with Gasteiger partial charge in [0, 0.05) is 11.4 Å². The fourth-order valence-electron chi connectivity index (χ4n) is 2.64. The average molecular weight is 449 g/mol. The number of benzene rings is 1. The van der Waals surface area contributed by atoms with Crippen molar-refractivity contribution in [3.63, 3.8) is 0 Å². The first-order valence-electron chi connectivity index (χ1n) is 8.25. The van der Waals surface area contributed by atoms with Crippen LogP contribution in [0.2, 0.25) is 0 Å². The quantitative estimate of drug-likeness (QED) is 0.533. The number of thiophene rings is 1. The topological polar surface area (TPSA) is 81.2 Å². The summed E-state index contributed by atoms with van der Waals surface area (Å²) in [5.41, 5.74) is 2.29. The molecule has 0 aliphatic heterocycles. The molecule has 0 aliphatic rings. The number of carbonyl (C=O) groups excluding carboxylic acids is 1. The van der Waals surface area contributed by atoms with Crippen LogP contribution in [-0.2, 0) is 18.9 Å². The molecule has 0 radical (unpaired) electrons. The van der Waals surface area contributed by atoms with Crippen LogP contribution in [0, 0.1) is 6.92 Å². The molecule has 0 unspecified atom stereocenters. The van der Waals surface area contributed by atoms with Crippen molar-refractivity contribution in [3.05, 3.63) is 57.5 Å². The van der Waals surface area contributed by atoms with E-state index in [-0.39, 0.29) is 28.8 Å². The molecule has 3 aromatic rings. The van der Waals surface area contributed by atoms with E-state index in [1.807, 2.05) is 6.92 Å². The van der Waals surface area contributed by atoms with Gasteiger partial charge in [0.1, 0.15) is 11.3 Å². The van der Waals surface area contributed by atoms with Crippen LogP contribution < -0.4 is 11.1 Å². The lowest BCUT2D eigenvalue weighted by Crippen LogP contribution is -2.24. The minimum absolute atomic E-state index is 0.0144. The van der Waals surface area contributed by atoms with Crippen molar-refractivity contribution < 1.29 is 35.7 Å². The van der Waals surface area contributed by atoms with Gasteiger partial charge >= 0.3 is 12.4 Å². The first kappa shape index (κ1) is 21.7. The van der Waals surface area contributed by atoms with E-state index in [1.165, 1.54) is 11.3 Å². The predicted octanol–water partition coefficient (Wildman–Crippen LogP) is 5.26. The minimum atomic E-state index is -4.98. The van der Waals surface area contributed by atoms with E-state index in [1.54, 1.807) is 12.1 Å². The van der Waals surface area contributed by atoms with Crippen LogP contribution in [-0.4, -0.2) is 11.1 Å². The van der Waals surface area contributed by atoms with E-state index in [4.69, 9.17) is 10.3 Å². The van der Waals surface area contributed by atoms with Crippen LogP contribution in [0.4, 0.5) is 32.2 Å². The van der Waals surface area contributed by atoms with Gasteiger partial charge in [-0.05, 0) is 42.8 Å². The molecule has 5 nitrogen and oxygen atoms in total. The number of hydrogen-bond donors (Lipinski definition) is 2. The van der Waals surface area contributed by atoms with Crippen LogP contribution in [0.25, 0.3) is 10.6 Å². The first-order valence-corrected chi connectivity index (χ1v) is 9.06. The molecule has 30 heavy (non-hydrogen) atoms. The van der Waals surface area contributed by atoms with Gasteiger partial charge in [-0.3, -0.25) is 4.79 Å². The van der Waals surface area contributed by atoms with Crippen LogP contribution in [0.15, 0.2) is 34.9 Å². The maximum Gasteiger partial charge on any atom is 0.416 e. The zero-order valence-corrected chi connectivity index (χ0v) is 15.9. The van der Waals surface area contributed by atoms with Gasteiger partial charge in [-0.15, -0.1) is 11.3 Å². The number of nitrogens with zero attached hydrogens (tertiary/aromatic N) is 1. The first-order chi connectivity index (χ1) is 13.9. The Morgan fingerprint density at radius 1 is 1.10 bits per heavy atom. The highest BCUT2D eigenvalue weighted by Crippen LogP contribution is 2.36. The zero-order chi connectivity index (χ0) is 22.3. The Kier molecular flexibility index (Phi) is 5.54. The van der Waals surface area contributed by atoms with Crippen LogP contribution in [0.1, 0.15) is 31.9 Å². The molecule has 0 aliphatic carbocycles. The van der Waals surface area contributed by atoms with E-state index in [2.05, 4.69) is 10.5 Å². The monoisotopic (exact) mass is 449 g/mol. The van der Waals surface area contributed by atoms with Crippen molar-refractivity contribution in [1.29, 1.82) is 0 Å². The molecule has 0 atom stereocenters. The number of carbonyl (C=O) groups is 1. The number of nitrogen functional groups attached to an aromatic ring is 1. The SMILES string of the molecule is Cc1ccc(-c2noc(N)c2C(=O)NCc2cc(C(F)(F)F)cc(C(F)(F)F)c2)s1. The van der Waals surface area contributed by atoms with Gasteiger partial charge in [-0.25, -0.2) is 0 Å². The summed E-state index contributed by atoms with van der Waals surface area (Å²) in [5.74, 6) is -1.17. The summed E-state index contributed by atoms with van der Waals surface area (Å²) in [5, 5.41) is 5.99. The third-order valence-electron chi connectivity index (χ3n) is 4.02. The number of alkyl halides is 6. The fraction of sp³-hybridized carbons (Fsp3) is 0.222. The van der Waals surface area contributed by atoms with Gasteiger partial charge in [0.05, 0.1) is 16.0 Å². The molecule has 0 fully saturated rings. The Balaban J connectivity index is 1.88. The second-order valence-electron chi connectivity index (χ2n) is 6.28. The Morgan fingerprint density at radius 2 is 1.70 bits per heavy atom. The van der Waals surface area contributed by atoms with Crippen LogP contribution >= 0.6 is 11.3 Å². The van der Waals surface area contributed by atoms with Crippen molar-refractivity contribution in [2.24, 2.45) is 0 Å². The van der Waals surface area contributed by atoms with E-state index in [9.17, 15) is 31.1 Å². The third kappa shape index (κ3) is 4.58. The molecule has 1 amide bonds. The number of halogens is 6. The number of hydrogen-bond acceptors (Lipinski definition) is 5. The molecule has 1 aromatic carbocycles. The maximum absolute atomic E-state index is 13.0. The summed E-state index contributed by atoms with van der Waals surface area (Å²) in [4.78, 5) is 14.0. The lowest BCUT2D eigenvalue weighted by molar-refractivity contribution is -0.143. The standard InChI is InChI=1S/C18H13F6N3O2S/c1-8-2-3-12(30-8)14-13(15(25)29-27-14)16(28)26-7-9-4-10(17(19,20)21)6-11(5-9)18(22,23)24/h2-6H,7,25H2,1H3,(H,26,28). The lowest BCUT2D eigenvalue weighted by Gasteiger charge is -2.14. The number of nitrogens with one attached hydrogen (secondary N) is 1. The number of aryl methyl sites for hydroxylation is 1. The summed E-state index contributed by atoms with van der Waals surface area (Å²) in [6, 6.07) is 4.54. The van der Waals surface area contributed by atoms with Gasteiger partial charge in [0.25, 0.3) is 5.91 Å². The molecular formula is C18H13F6N3O2S. The highest BCUT2D eigenvalue weighted by molar-refractivity contribution is 7.15. The average Bonchev–Trinajstić information content (AvgIpc) is 3.23. The highest BCUT2D eigenvalue weighted by atomic mass is 32.1. The summed E-state index contributed by atoms with van der Waals surface area (Å²) in [6.07, 6.45) is -9.97. The number of aromatic nitrogens is 1. The number of anilines is 1. The fourth-order valence-corrected chi connectivity index (χ4v) is 3.50. The minimum Gasteiger partial charge on any atom is -0.367 e. The van der Waals surface area contributed by atoms with E-state index in [0.717, 1.165) is 4.88 Å². The molecule has 0 spiro atoms. The summed E-state index contributed by atoms with van der Waals surface area (Å²) >= 11 is 1.30. The molecule has 12 heteroatoms. The van der Waals surface area contributed by atoms with Gasteiger partial charge in [-0.1, -0.05) is 5.16 Å². The van der Waals surface area contributed by atoms with Crippen LogP contribution in [0.3, 0.4) is 0 Å². The Labute approximate surface area is 169 Å². The molecule has 0 bridgehead atoms. The molecule has 3 N–H and O–H groups in total. The maximum atomic E-state index is 13.0. The Bertz CT molecular complexity index is 1050. The van der Waals surface area contributed by atoms with Crippen molar-refractivity contribution >= 4 is 23.1 Å². The number of nitrogens with two attached hydrogens (primary N) is 1. The van der Waals surface area contributed by atoms with Crippen molar-refractivity contribution in [2.45, 2.75) is 25.8 Å². The van der Waals surface area contributed by atoms with Crippen LogP contribution in [0.5, 0.6) is 0 Å². The Morgan fingerprint density at radius 3 is 2.20 bits per heavy atom. The van der Waals surface area contributed by atoms with E-state index in [0.29, 0.717) is 17.0 Å². The summed E-state index contributed by atoms with van der Waals surface area (Å²) in [6.45, 7) is 1.22. The molecule has 2 aromatic heterocycles. The van der Waals surface area contributed by atoms with Gasteiger partial charge in [0.2, 0.25) is 5.88 Å². The van der Waals surface area contributed by atoms with Crippen molar-refractivity contribution in [2.75, 3.05) is 5.73 Å². The normalized spacial score (nSPS) is 12.2. The van der Waals surface area contributed by atoms with Crippen molar-refractivity contribution in [1.82, 2.24) is 10.5 Å². The largest absolute Gasteiger partial charge is 0.416 e. The van der Waals surface area contributed by atoms with Gasteiger partial charge in [0.15, 0.2) is 0 Å². The highest BCUT2D eigenvalue weighted by Gasteiger charge is 2.37. The van der Waals surface area contributed by atoms with Gasteiger partial charge in [-0.2, -0.15) is 26.3 Å². The molecule has 2 heterocycles. The summed E-state index contributed by atoms with van der Waals surface area (Å²) in [7, 11) is 0. The third-order valence-corrected chi connectivity index (χ3v) is 5.03. The van der Waals surface area contributed by atoms with Crippen molar-refractivity contribution in [3.8, 4) is 10.6 Å². The molecule has 160 valence electrons. The number of rotatable bonds is 4. The molecule has 0 saturated carbocycles. The van der Waals surface area contributed by atoms with E-state index >= 15 is 0 Å². The lowest BCUT2D eigenvalue weighted by atomic mass is 10.0. The molecule has 0 saturated heterocycles. The Hall–Kier alpha value is -3.02. The van der Waals surface area contributed by atoms with Gasteiger partial charge < -0.3 is 15.6 Å². The second-order valence-corrected chi connectivity index (χ2v) is 7.57. The smallest absolute Gasteiger partial charge is 0.367 e. The zero-order valence-electron chi connectivity index (χ0n) is 15.1.